The molecule has 0 heterocycles. The zero-order valence-electron chi connectivity index (χ0n) is 6.11. The van der Waals surface area contributed by atoms with E-state index in [0.29, 0.717) is 0 Å². The first-order valence-electron chi connectivity index (χ1n) is 3.29. The van der Waals surface area contributed by atoms with E-state index >= 15 is 0 Å². The Morgan fingerprint density at radius 3 is 2.78 bits per heavy atom. The van der Waals surface area contributed by atoms with E-state index in [2.05, 4.69) is 25.4 Å². The number of nitrogens with one attached hydrogen (secondary N) is 1. The van der Waals surface area contributed by atoms with Crippen molar-refractivity contribution in [3.63, 3.8) is 0 Å². The van der Waals surface area contributed by atoms with Crippen LogP contribution in [0.5, 0.6) is 0 Å². The van der Waals surface area contributed by atoms with Gasteiger partial charge in [-0.15, -0.1) is 6.58 Å². The van der Waals surface area contributed by atoms with E-state index in [1.165, 1.54) is 5.57 Å². The third-order valence-corrected chi connectivity index (χ3v) is 1.16. The summed E-state index contributed by atoms with van der Waals surface area (Å²) in [6.07, 6.45) is 2.91. The smallest absolute Gasteiger partial charge is 0.0164 e. The molecule has 52 valence electrons. The summed E-state index contributed by atoms with van der Waals surface area (Å²) in [6, 6.07) is 0. The van der Waals surface area contributed by atoms with Crippen molar-refractivity contribution < 1.29 is 0 Å². The normalized spacial score (nSPS) is 9.00. The summed E-state index contributed by atoms with van der Waals surface area (Å²) in [5.74, 6) is 0. The quantitative estimate of drug-likeness (QED) is 0.436. The lowest BCUT2D eigenvalue weighted by atomic mass is 10.2. The zero-order chi connectivity index (χ0) is 7.11. The lowest BCUT2D eigenvalue weighted by Gasteiger charge is -2.00. The molecule has 0 spiro atoms. The molecule has 0 atom stereocenters. The van der Waals surface area contributed by atoms with Gasteiger partial charge in [-0.1, -0.05) is 25.2 Å². The summed E-state index contributed by atoms with van der Waals surface area (Å²) in [6.45, 7) is 11.3. The van der Waals surface area contributed by atoms with Crippen LogP contribution in [0.25, 0.3) is 0 Å². The van der Waals surface area contributed by atoms with Crippen molar-refractivity contribution >= 4 is 0 Å². The highest BCUT2D eigenvalue weighted by molar-refractivity contribution is 4.95. The topological polar surface area (TPSA) is 12.0 Å². The van der Waals surface area contributed by atoms with Gasteiger partial charge in [-0.25, -0.2) is 0 Å². The Morgan fingerprint density at radius 2 is 2.33 bits per heavy atom. The number of hydrogen-bond donors (Lipinski definition) is 1. The summed E-state index contributed by atoms with van der Waals surface area (Å²) in [5, 5.41) is 3.17. The zero-order valence-corrected chi connectivity index (χ0v) is 6.11. The molecule has 0 aliphatic heterocycles. The summed E-state index contributed by atoms with van der Waals surface area (Å²) in [5.41, 5.74) is 1.25. The Morgan fingerprint density at radius 1 is 1.67 bits per heavy atom. The van der Waals surface area contributed by atoms with E-state index in [1.807, 2.05) is 6.08 Å². The van der Waals surface area contributed by atoms with Crippen molar-refractivity contribution in [2.24, 2.45) is 0 Å². The van der Waals surface area contributed by atoms with Gasteiger partial charge in [0.1, 0.15) is 0 Å². The molecule has 0 rings (SSSR count). The van der Waals surface area contributed by atoms with E-state index in [4.69, 9.17) is 0 Å². The van der Waals surface area contributed by atoms with Crippen molar-refractivity contribution in [2.75, 3.05) is 13.1 Å². The van der Waals surface area contributed by atoms with Crippen LogP contribution in [0, 0.1) is 0 Å². The second-order valence-electron chi connectivity index (χ2n) is 2.02. The average molecular weight is 125 g/mol. The molecule has 0 amide bonds. The third kappa shape index (κ3) is 5.31. The standard InChI is InChI=1S/C8H15N/c1-4-6-9-7-8(3)5-2/h4,9H,1,3,5-7H2,2H3. The molecule has 0 bridgehead atoms. The summed E-state index contributed by atoms with van der Waals surface area (Å²) < 4.78 is 0. The Kier molecular flexibility index (Phi) is 5.23. The molecule has 0 radical (unpaired) electrons. The van der Waals surface area contributed by atoms with Crippen molar-refractivity contribution in [3.8, 4) is 0 Å². The maximum atomic E-state index is 3.85. The van der Waals surface area contributed by atoms with E-state index in [9.17, 15) is 0 Å². The lowest BCUT2D eigenvalue weighted by Crippen LogP contribution is -2.15. The van der Waals surface area contributed by atoms with Gasteiger partial charge in [0, 0.05) is 13.1 Å². The molecule has 0 fully saturated rings. The molecule has 9 heavy (non-hydrogen) atoms. The molecular formula is C8H15N. The molecule has 0 saturated heterocycles. The molecule has 0 aliphatic carbocycles. The molecule has 1 nitrogen and oxygen atoms in total. The SMILES string of the molecule is C=CCNCC(=C)CC. The van der Waals surface area contributed by atoms with Gasteiger partial charge >= 0.3 is 0 Å². The van der Waals surface area contributed by atoms with Crippen molar-refractivity contribution in [2.45, 2.75) is 13.3 Å². The maximum absolute atomic E-state index is 3.85. The molecule has 0 aromatic heterocycles. The highest BCUT2D eigenvalue weighted by Crippen LogP contribution is 1.91. The molecule has 0 unspecified atom stereocenters. The van der Waals surface area contributed by atoms with Gasteiger partial charge in [0.25, 0.3) is 0 Å². The summed E-state index contributed by atoms with van der Waals surface area (Å²) >= 11 is 0. The van der Waals surface area contributed by atoms with Gasteiger partial charge in [-0.3, -0.25) is 0 Å². The van der Waals surface area contributed by atoms with Crippen LogP contribution >= 0.6 is 0 Å². The fourth-order valence-electron chi connectivity index (χ4n) is 0.476. The number of rotatable bonds is 5. The van der Waals surface area contributed by atoms with Gasteiger partial charge < -0.3 is 5.32 Å². The van der Waals surface area contributed by atoms with E-state index < -0.39 is 0 Å². The highest BCUT2D eigenvalue weighted by atomic mass is 14.8. The average Bonchev–Trinajstić information content (AvgIpc) is 1.89. The van der Waals surface area contributed by atoms with Gasteiger partial charge in [0.15, 0.2) is 0 Å². The van der Waals surface area contributed by atoms with Gasteiger partial charge in [0.2, 0.25) is 0 Å². The van der Waals surface area contributed by atoms with Crippen LogP contribution in [0.4, 0.5) is 0 Å². The Balaban J connectivity index is 3.06. The molecule has 0 saturated carbocycles. The number of hydrogen-bond acceptors (Lipinski definition) is 1. The van der Waals surface area contributed by atoms with Crippen molar-refractivity contribution in [1.29, 1.82) is 0 Å². The Labute approximate surface area is 57.5 Å². The Bertz CT molecular complexity index is 94.7. The minimum absolute atomic E-state index is 0.874. The lowest BCUT2D eigenvalue weighted by molar-refractivity contribution is 0.795. The molecular weight excluding hydrogens is 110 g/mol. The first kappa shape index (κ1) is 8.44. The predicted molar refractivity (Wildman–Crippen MR) is 42.5 cm³/mol. The van der Waals surface area contributed by atoms with E-state index in [0.717, 1.165) is 19.5 Å². The molecule has 0 aliphatic rings. The van der Waals surface area contributed by atoms with Crippen LogP contribution < -0.4 is 5.32 Å². The second-order valence-corrected chi connectivity index (χ2v) is 2.02. The van der Waals surface area contributed by atoms with Gasteiger partial charge in [0.05, 0.1) is 0 Å². The monoisotopic (exact) mass is 125 g/mol. The van der Waals surface area contributed by atoms with E-state index in [-0.39, 0.29) is 0 Å². The molecule has 0 aromatic rings. The second kappa shape index (κ2) is 5.57. The van der Waals surface area contributed by atoms with Crippen LogP contribution in [-0.2, 0) is 0 Å². The molecule has 1 heteroatoms. The first-order valence-corrected chi connectivity index (χ1v) is 3.29. The van der Waals surface area contributed by atoms with Gasteiger partial charge in [-0.2, -0.15) is 0 Å². The largest absolute Gasteiger partial charge is 0.310 e. The van der Waals surface area contributed by atoms with Crippen LogP contribution in [0.1, 0.15) is 13.3 Å². The third-order valence-electron chi connectivity index (χ3n) is 1.16. The fraction of sp³-hybridized carbons (Fsp3) is 0.500. The summed E-state index contributed by atoms with van der Waals surface area (Å²) in [7, 11) is 0. The minimum Gasteiger partial charge on any atom is -0.310 e. The Hall–Kier alpha value is -0.560. The fourth-order valence-corrected chi connectivity index (χ4v) is 0.476. The van der Waals surface area contributed by atoms with Gasteiger partial charge in [-0.05, 0) is 6.42 Å². The van der Waals surface area contributed by atoms with Crippen molar-refractivity contribution in [1.82, 2.24) is 5.32 Å². The predicted octanol–water partition coefficient (Wildman–Crippen LogP) is 1.73. The first-order chi connectivity index (χ1) is 4.31. The summed E-state index contributed by atoms with van der Waals surface area (Å²) in [4.78, 5) is 0. The maximum Gasteiger partial charge on any atom is 0.0164 e. The van der Waals surface area contributed by atoms with Crippen LogP contribution in [0.2, 0.25) is 0 Å². The van der Waals surface area contributed by atoms with Crippen LogP contribution in [0.15, 0.2) is 24.8 Å². The van der Waals surface area contributed by atoms with E-state index in [1.54, 1.807) is 0 Å². The minimum atomic E-state index is 0.874. The molecule has 1 N–H and O–H groups in total. The van der Waals surface area contributed by atoms with Crippen LogP contribution in [-0.4, -0.2) is 13.1 Å². The van der Waals surface area contributed by atoms with Crippen molar-refractivity contribution in [3.05, 3.63) is 24.8 Å². The molecule has 0 aromatic carbocycles. The highest BCUT2D eigenvalue weighted by Gasteiger charge is 1.85. The van der Waals surface area contributed by atoms with Crippen LogP contribution in [0.3, 0.4) is 0 Å².